The molecular formula is C16H21N5OS. The maximum atomic E-state index is 12.8. The van der Waals surface area contributed by atoms with Crippen LogP contribution in [0.1, 0.15) is 6.42 Å². The Hall–Kier alpha value is -1.60. The lowest BCUT2D eigenvalue weighted by Crippen LogP contribution is -2.43. The molecular weight excluding hydrogens is 310 g/mol. The molecule has 23 heavy (non-hydrogen) atoms. The van der Waals surface area contributed by atoms with Gasteiger partial charge in [0.25, 0.3) is 5.56 Å². The average molecular weight is 331 g/mol. The summed E-state index contributed by atoms with van der Waals surface area (Å²) in [6.07, 6.45) is 4.91. The van der Waals surface area contributed by atoms with Gasteiger partial charge >= 0.3 is 0 Å². The van der Waals surface area contributed by atoms with E-state index in [1.54, 1.807) is 11.6 Å². The molecule has 0 bridgehead atoms. The smallest absolute Gasteiger partial charge is 0.275 e. The highest BCUT2D eigenvalue weighted by Gasteiger charge is 2.33. The first-order valence-electron chi connectivity index (χ1n) is 8.04. The van der Waals surface area contributed by atoms with E-state index in [0.29, 0.717) is 16.7 Å². The van der Waals surface area contributed by atoms with E-state index in [9.17, 15) is 4.79 Å². The zero-order valence-electron chi connectivity index (χ0n) is 13.5. The van der Waals surface area contributed by atoms with Crippen molar-refractivity contribution in [1.29, 1.82) is 0 Å². The number of thioether (sulfide) groups is 1. The number of hydrogen-bond donors (Lipinski definition) is 1. The topological polar surface area (TPSA) is 63.1 Å². The molecule has 2 aliphatic rings. The second-order valence-corrected chi connectivity index (χ2v) is 7.22. The summed E-state index contributed by atoms with van der Waals surface area (Å²) in [7, 11) is 1.80. The Morgan fingerprint density at radius 1 is 1.35 bits per heavy atom. The van der Waals surface area contributed by atoms with Crippen LogP contribution >= 0.6 is 11.8 Å². The fourth-order valence-electron chi connectivity index (χ4n) is 3.79. The number of pyridine rings is 1. The molecule has 2 unspecified atom stereocenters. The zero-order valence-corrected chi connectivity index (χ0v) is 14.3. The summed E-state index contributed by atoms with van der Waals surface area (Å²) >= 11 is 1.49. The molecule has 0 aliphatic carbocycles. The molecule has 4 rings (SSSR count). The number of rotatable bonds is 2. The van der Waals surface area contributed by atoms with Crippen LogP contribution in [0.4, 0.5) is 5.69 Å². The van der Waals surface area contributed by atoms with Gasteiger partial charge in [-0.25, -0.2) is 9.97 Å². The van der Waals surface area contributed by atoms with Crippen molar-refractivity contribution in [2.24, 2.45) is 18.9 Å². The van der Waals surface area contributed by atoms with Gasteiger partial charge in [-0.05, 0) is 43.7 Å². The number of piperidine rings is 1. The van der Waals surface area contributed by atoms with Gasteiger partial charge in [0.05, 0.1) is 0 Å². The van der Waals surface area contributed by atoms with Crippen molar-refractivity contribution in [1.82, 2.24) is 19.9 Å². The van der Waals surface area contributed by atoms with Crippen molar-refractivity contribution in [3.63, 3.8) is 0 Å². The van der Waals surface area contributed by atoms with Gasteiger partial charge < -0.3 is 10.2 Å². The maximum absolute atomic E-state index is 12.8. The second-order valence-electron chi connectivity index (χ2n) is 6.44. The fraction of sp³-hybridized carbons (Fsp3) is 0.562. The molecule has 2 aromatic rings. The molecule has 0 spiro atoms. The Balaban J connectivity index is 1.75. The molecule has 2 fully saturated rings. The van der Waals surface area contributed by atoms with Crippen LogP contribution in [0, 0.1) is 11.8 Å². The summed E-state index contributed by atoms with van der Waals surface area (Å²) < 4.78 is 1.66. The number of fused-ring (bicyclic) bond motifs is 2. The molecule has 2 aliphatic heterocycles. The van der Waals surface area contributed by atoms with Crippen molar-refractivity contribution in [2.45, 2.75) is 11.6 Å². The number of nitrogens with zero attached hydrogens (tertiary/aromatic N) is 4. The molecule has 1 N–H and O–H groups in total. The summed E-state index contributed by atoms with van der Waals surface area (Å²) in [5.74, 6) is 1.42. The zero-order chi connectivity index (χ0) is 16.0. The van der Waals surface area contributed by atoms with Gasteiger partial charge in [0, 0.05) is 31.7 Å². The highest BCUT2D eigenvalue weighted by molar-refractivity contribution is 7.98. The Kier molecular flexibility index (Phi) is 3.77. The summed E-state index contributed by atoms with van der Waals surface area (Å²) in [4.78, 5) is 23.9. The number of nitrogens with one attached hydrogen (secondary N) is 1. The van der Waals surface area contributed by atoms with Crippen molar-refractivity contribution in [3.8, 4) is 0 Å². The minimum Gasteiger partial charge on any atom is -0.367 e. The average Bonchev–Trinajstić information content (AvgIpc) is 3.05. The maximum Gasteiger partial charge on any atom is 0.275 e. The largest absolute Gasteiger partial charge is 0.367 e. The van der Waals surface area contributed by atoms with E-state index in [4.69, 9.17) is 0 Å². The molecule has 0 saturated carbocycles. The highest BCUT2D eigenvalue weighted by Crippen LogP contribution is 2.29. The molecule has 6 nitrogen and oxygen atoms in total. The Bertz CT molecular complexity index is 805. The normalized spacial score (nSPS) is 24.2. The Labute approximate surface area is 139 Å². The molecule has 2 aromatic heterocycles. The third-order valence-electron chi connectivity index (χ3n) is 5.14. The second kappa shape index (κ2) is 5.79. The van der Waals surface area contributed by atoms with Crippen LogP contribution in [0.15, 0.2) is 22.2 Å². The fourth-order valence-corrected chi connectivity index (χ4v) is 4.13. The predicted molar refractivity (Wildman–Crippen MR) is 93.2 cm³/mol. The van der Waals surface area contributed by atoms with Gasteiger partial charge in [0.1, 0.15) is 11.3 Å². The SMILES string of the molecule is CSc1ncc2cc(N3CCC4CNCC4C3)c(=O)n(C)c2n1. The first kappa shape index (κ1) is 15.0. The first-order valence-corrected chi connectivity index (χ1v) is 9.26. The third-order valence-corrected chi connectivity index (χ3v) is 5.70. The third kappa shape index (κ3) is 2.52. The van der Waals surface area contributed by atoms with Crippen LogP contribution in [0.5, 0.6) is 0 Å². The molecule has 0 radical (unpaired) electrons. The van der Waals surface area contributed by atoms with E-state index in [1.807, 2.05) is 18.5 Å². The van der Waals surface area contributed by atoms with Gasteiger partial charge in [0.15, 0.2) is 5.16 Å². The van der Waals surface area contributed by atoms with Crippen molar-refractivity contribution < 1.29 is 0 Å². The lowest BCUT2D eigenvalue weighted by atomic mass is 9.88. The first-order chi connectivity index (χ1) is 11.2. The van der Waals surface area contributed by atoms with E-state index in [1.165, 1.54) is 11.8 Å². The molecule has 0 aromatic carbocycles. The van der Waals surface area contributed by atoms with Crippen LogP contribution in [0.3, 0.4) is 0 Å². The quantitative estimate of drug-likeness (QED) is 0.657. The predicted octanol–water partition coefficient (Wildman–Crippen LogP) is 1.10. The molecule has 0 amide bonds. The van der Waals surface area contributed by atoms with E-state index < -0.39 is 0 Å². The number of anilines is 1. The molecule has 2 atom stereocenters. The minimum atomic E-state index is 0.0349. The van der Waals surface area contributed by atoms with E-state index in [2.05, 4.69) is 20.2 Å². The summed E-state index contributed by atoms with van der Waals surface area (Å²) in [5.41, 5.74) is 1.52. The minimum absolute atomic E-state index is 0.0349. The van der Waals surface area contributed by atoms with Crippen LogP contribution in [-0.4, -0.2) is 47.0 Å². The van der Waals surface area contributed by atoms with Crippen LogP contribution in [0.25, 0.3) is 11.0 Å². The lowest BCUT2D eigenvalue weighted by Gasteiger charge is -2.35. The van der Waals surface area contributed by atoms with Crippen LogP contribution < -0.4 is 15.8 Å². The monoisotopic (exact) mass is 331 g/mol. The van der Waals surface area contributed by atoms with Crippen LogP contribution in [0.2, 0.25) is 0 Å². The molecule has 7 heteroatoms. The van der Waals surface area contributed by atoms with Crippen molar-refractivity contribution >= 4 is 28.5 Å². The number of aryl methyl sites for hydroxylation is 1. The molecule has 2 saturated heterocycles. The lowest BCUT2D eigenvalue weighted by molar-refractivity contribution is 0.348. The Morgan fingerprint density at radius 2 is 2.17 bits per heavy atom. The van der Waals surface area contributed by atoms with E-state index >= 15 is 0 Å². The van der Waals surface area contributed by atoms with Crippen molar-refractivity contribution in [3.05, 3.63) is 22.6 Å². The van der Waals surface area contributed by atoms with Crippen LogP contribution in [-0.2, 0) is 7.05 Å². The number of hydrogen-bond acceptors (Lipinski definition) is 6. The van der Waals surface area contributed by atoms with Gasteiger partial charge in [-0.2, -0.15) is 0 Å². The van der Waals surface area contributed by atoms with E-state index in [-0.39, 0.29) is 5.56 Å². The number of aromatic nitrogens is 3. The van der Waals surface area contributed by atoms with Gasteiger partial charge in [-0.15, -0.1) is 0 Å². The summed E-state index contributed by atoms with van der Waals surface area (Å²) in [6, 6.07) is 1.96. The van der Waals surface area contributed by atoms with Gasteiger partial charge in [-0.1, -0.05) is 11.8 Å². The van der Waals surface area contributed by atoms with Crippen molar-refractivity contribution in [2.75, 3.05) is 37.3 Å². The highest BCUT2D eigenvalue weighted by atomic mass is 32.2. The summed E-state index contributed by atoms with van der Waals surface area (Å²) in [5, 5.41) is 5.09. The van der Waals surface area contributed by atoms with E-state index in [0.717, 1.165) is 49.6 Å². The Morgan fingerprint density at radius 3 is 3.00 bits per heavy atom. The van der Waals surface area contributed by atoms with Gasteiger partial charge in [-0.3, -0.25) is 9.36 Å². The van der Waals surface area contributed by atoms with Gasteiger partial charge in [0.2, 0.25) is 0 Å². The summed E-state index contributed by atoms with van der Waals surface area (Å²) in [6.45, 7) is 4.10. The molecule has 4 heterocycles. The standard InChI is InChI=1S/C16H21N5OS/c1-20-14-11(8-18-16(19-14)23-2)5-13(15(20)22)21-4-3-10-6-17-7-12(10)9-21/h5,8,10,12,17H,3-4,6-7,9H2,1-2H3. The molecule has 122 valence electrons.